The van der Waals surface area contributed by atoms with Crippen LogP contribution in [0.3, 0.4) is 0 Å². The van der Waals surface area contributed by atoms with E-state index in [0.29, 0.717) is 21.5 Å². The van der Waals surface area contributed by atoms with E-state index >= 15 is 0 Å². The van der Waals surface area contributed by atoms with Crippen LogP contribution in [0.25, 0.3) is 0 Å². The smallest absolute Gasteiger partial charge is 0.243 e. The molecule has 1 aliphatic rings. The first-order valence-corrected chi connectivity index (χ1v) is 7.63. The zero-order valence-corrected chi connectivity index (χ0v) is 13.0. The van der Waals surface area contributed by atoms with Crippen molar-refractivity contribution >= 4 is 52.5 Å². The van der Waals surface area contributed by atoms with Gasteiger partial charge in [0.15, 0.2) is 0 Å². The maximum atomic E-state index is 12.7. The molecule has 0 saturated heterocycles. The summed E-state index contributed by atoms with van der Waals surface area (Å²) in [5.74, 6) is -1.09. The van der Waals surface area contributed by atoms with Crippen LogP contribution < -0.4 is 10.6 Å². The average Bonchev–Trinajstić information content (AvgIpc) is 2.79. The van der Waals surface area contributed by atoms with E-state index in [1.807, 2.05) is 0 Å². The molecule has 0 radical (unpaired) electrons. The van der Waals surface area contributed by atoms with Gasteiger partial charge >= 0.3 is 0 Å². The Morgan fingerprint density at radius 1 is 1.29 bits per heavy atom. The molecule has 2 N–H and O–H groups in total. The molecular formula is C13H11Cl2FN2O2S. The Balaban J connectivity index is 1.77. The first kappa shape index (κ1) is 16.1. The first-order chi connectivity index (χ1) is 9.95. The highest BCUT2D eigenvalue weighted by Crippen LogP contribution is 2.41. The topological polar surface area (TPSA) is 58.2 Å². The molecule has 0 spiro atoms. The molecule has 1 aromatic carbocycles. The number of carbonyl (C=O) groups is 2. The number of nitrogens with one attached hydrogen (secondary N) is 2. The molecule has 21 heavy (non-hydrogen) atoms. The molecule has 1 aromatic rings. The van der Waals surface area contributed by atoms with Crippen LogP contribution in [0.1, 0.15) is 6.42 Å². The van der Waals surface area contributed by atoms with Crippen LogP contribution in [0.4, 0.5) is 10.1 Å². The minimum absolute atomic E-state index is 0.178. The van der Waals surface area contributed by atoms with Crippen molar-refractivity contribution in [3.05, 3.63) is 39.5 Å². The summed E-state index contributed by atoms with van der Waals surface area (Å²) >= 11 is 12.8. The highest BCUT2D eigenvalue weighted by molar-refractivity contribution is 8.06. The number of thioether (sulfide) groups is 1. The third-order valence-corrected chi connectivity index (χ3v) is 4.83. The minimum Gasteiger partial charge on any atom is -0.346 e. The van der Waals surface area contributed by atoms with Crippen molar-refractivity contribution in [1.29, 1.82) is 0 Å². The molecular weight excluding hydrogens is 338 g/mol. The van der Waals surface area contributed by atoms with E-state index in [0.717, 1.165) is 0 Å². The van der Waals surface area contributed by atoms with E-state index in [2.05, 4.69) is 10.6 Å². The quantitative estimate of drug-likeness (QED) is 0.879. The van der Waals surface area contributed by atoms with E-state index in [9.17, 15) is 14.0 Å². The Morgan fingerprint density at radius 2 is 1.95 bits per heavy atom. The molecule has 0 fully saturated rings. The number of hydrogen-bond acceptors (Lipinski definition) is 3. The van der Waals surface area contributed by atoms with Gasteiger partial charge in [0.1, 0.15) is 5.82 Å². The summed E-state index contributed by atoms with van der Waals surface area (Å²) in [5.41, 5.74) is 0.457. The molecule has 2 rings (SSSR count). The molecule has 0 saturated carbocycles. The standard InChI is InChI=1S/C13H11Cl2FN2O2S/c14-9-5-10(21-12(9)15)13(20)17-6-11(19)18-8-3-1-7(16)2-4-8/h1-4,10H,5-6H2,(H,17,20)(H,18,19). The van der Waals surface area contributed by atoms with Crippen molar-refractivity contribution in [2.24, 2.45) is 0 Å². The van der Waals surface area contributed by atoms with E-state index in [-0.39, 0.29) is 18.3 Å². The van der Waals surface area contributed by atoms with Gasteiger partial charge in [0.05, 0.1) is 16.2 Å². The molecule has 4 nitrogen and oxygen atoms in total. The Hall–Kier alpha value is -1.24. The van der Waals surface area contributed by atoms with Gasteiger partial charge in [0.25, 0.3) is 0 Å². The summed E-state index contributed by atoms with van der Waals surface area (Å²) in [6, 6.07) is 5.34. The van der Waals surface area contributed by atoms with Gasteiger partial charge in [-0.25, -0.2) is 4.39 Å². The fraction of sp³-hybridized carbons (Fsp3) is 0.231. The highest BCUT2D eigenvalue weighted by atomic mass is 35.5. The maximum Gasteiger partial charge on any atom is 0.243 e. The van der Waals surface area contributed by atoms with Crippen LogP contribution in [0, 0.1) is 5.82 Å². The molecule has 1 aliphatic heterocycles. The van der Waals surface area contributed by atoms with Crippen molar-refractivity contribution in [3.8, 4) is 0 Å². The van der Waals surface area contributed by atoms with Gasteiger partial charge in [-0.15, -0.1) is 0 Å². The lowest BCUT2D eigenvalue weighted by molar-refractivity contribution is -0.123. The van der Waals surface area contributed by atoms with Gasteiger partial charge in [-0.1, -0.05) is 35.0 Å². The summed E-state index contributed by atoms with van der Waals surface area (Å²) in [6.07, 6.45) is 0.358. The predicted octanol–water partition coefficient (Wildman–Crippen LogP) is 3.03. The number of allylic oxidation sites excluding steroid dienone is 1. The highest BCUT2D eigenvalue weighted by Gasteiger charge is 2.29. The van der Waals surface area contributed by atoms with Crippen LogP contribution in [-0.4, -0.2) is 23.6 Å². The second-order valence-electron chi connectivity index (χ2n) is 4.26. The number of carbonyl (C=O) groups excluding carboxylic acids is 2. The van der Waals surface area contributed by atoms with Crippen molar-refractivity contribution in [2.75, 3.05) is 11.9 Å². The molecule has 0 aromatic heterocycles. The number of benzene rings is 1. The van der Waals surface area contributed by atoms with Gasteiger partial charge in [-0.05, 0) is 24.3 Å². The Bertz CT molecular complexity index is 578. The molecule has 2 amide bonds. The lowest BCUT2D eigenvalue weighted by Gasteiger charge is -2.10. The molecule has 112 valence electrons. The van der Waals surface area contributed by atoms with Gasteiger partial charge in [-0.3, -0.25) is 9.59 Å². The lowest BCUT2D eigenvalue weighted by atomic mass is 10.3. The molecule has 1 unspecified atom stereocenters. The van der Waals surface area contributed by atoms with E-state index in [4.69, 9.17) is 23.2 Å². The largest absolute Gasteiger partial charge is 0.346 e. The number of anilines is 1. The minimum atomic E-state index is -0.413. The molecule has 0 aliphatic carbocycles. The summed E-state index contributed by atoms with van der Waals surface area (Å²) < 4.78 is 13.1. The normalized spacial score (nSPS) is 17.8. The van der Waals surface area contributed by atoms with Crippen molar-refractivity contribution in [1.82, 2.24) is 5.32 Å². The summed E-state index contributed by atoms with van der Waals surface area (Å²) in [4.78, 5) is 23.5. The van der Waals surface area contributed by atoms with Crippen molar-refractivity contribution in [2.45, 2.75) is 11.7 Å². The van der Waals surface area contributed by atoms with E-state index < -0.39 is 11.2 Å². The first-order valence-electron chi connectivity index (χ1n) is 5.99. The Kier molecular flexibility index (Phi) is 5.50. The summed E-state index contributed by atoms with van der Waals surface area (Å²) in [5, 5.41) is 5.09. The van der Waals surface area contributed by atoms with Crippen molar-refractivity contribution < 1.29 is 14.0 Å². The number of rotatable bonds is 4. The van der Waals surface area contributed by atoms with Gasteiger partial charge < -0.3 is 10.6 Å². The van der Waals surface area contributed by atoms with Crippen LogP contribution in [-0.2, 0) is 9.59 Å². The fourth-order valence-electron chi connectivity index (χ4n) is 1.64. The number of amides is 2. The molecule has 8 heteroatoms. The monoisotopic (exact) mass is 348 g/mol. The predicted molar refractivity (Wildman–Crippen MR) is 82.8 cm³/mol. The van der Waals surface area contributed by atoms with Gasteiger partial charge in [0, 0.05) is 17.1 Å². The third-order valence-electron chi connectivity index (χ3n) is 2.67. The third kappa shape index (κ3) is 4.62. The Labute approximate surface area is 135 Å². The molecule has 1 atom stereocenters. The summed E-state index contributed by atoms with van der Waals surface area (Å²) in [7, 11) is 0. The zero-order chi connectivity index (χ0) is 15.4. The van der Waals surface area contributed by atoms with Gasteiger partial charge in [-0.2, -0.15) is 0 Å². The van der Waals surface area contributed by atoms with Crippen molar-refractivity contribution in [3.63, 3.8) is 0 Å². The second kappa shape index (κ2) is 7.15. The van der Waals surface area contributed by atoms with Crippen LogP contribution in [0.2, 0.25) is 0 Å². The Morgan fingerprint density at radius 3 is 2.52 bits per heavy atom. The van der Waals surface area contributed by atoms with Crippen LogP contribution in [0.5, 0.6) is 0 Å². The molecule has 0 bridgehead atoms. The second-order valence-corrected chi connectivity index (χ2v) is 6.53. The summed E-state index contributed by atoms with van der Waals surface area (Å²) in [6.45, 7) is -0.178. The number of hydrogen-bond donors (Lipinski definition) is 2. The fourth-order valence-corrected chi connectivity index (χ4v) is 3.32. The van der Waals surface area contributed by atoms with E-state index in [1.165, 1.54) is 36.0 Å². The lowest BCUT2D eigenvalue weighted by Crippen LogP contribution is -2.37. The SMILES string of the molecule is O=C(CNC(=O)C1CC(Cl)=C(Cl)S1)Nc1ccc(F)cc1. The van der Waals surface area contributed by atoms with Gasteiger partial charge in [0.2, 0.25) is 11.8 Å². The van der Waals surface area contributed by atoms with E-state index in [1.54, 1.807) is 0 Å². The number of halogens is 3. The zero-order valence-electron chi connectivity index (χ0n) is 10.7. The average molecular weight is 349 g/mol. The maximum absolute atomic E-state index is 12.7. The van der Waals surface area contributed by atoms with Crippen LogP contribution >= 0.6 is 35.0 Å². The van der Waals surface area contributed by atoms with Crippen LogP contribution in [0.15, 0.2) is 33.7 Å². The molecule has 1 heterocycles.